The molecule has 0 fully saturated rings. The van der Waals surface area contributed by atoms with Crippen LogP contribution in [0.5, 0.6) is 0 Å². The molecule has 1 heterocycles. The van der Waals surface area contributed by atoms with Crippen molar-refractivity contribution < 1.29 is 61.5 Å². The summed E-state index contributed by atoms with van der Waals surface area (Å²) in [5, 5.41) is 7.33. The maximum Gasteiger partial charge on any atom is 0.443 e. The third kappa shape index (κ3) is 3.82. The maximum atomic E-state index is 13.9. The topological polar surface area (TPSA) is 48.2 Å². The van der Waals surface area contributed by atoms with Gasteiger partial charge in [-0.25, -0.2) is 26.9 Å². The zero-order valence-corrected chi connectivity index (χ0v) is 14.9. The van der Waals surface area contributed by atoms with E-state index in [9.17, 15) is 61.5 Å². The Morgan fingerprint density at radius 3 is 1.62 bits per heavy atom. The van der Waals surface area contributed by atoms with Gasteiger partial charge in [0.15, 0.2) is 28.4 Å². The highest BCUT2D eigenvalue weighted by Gasteiger charge is 2.77. The second-order valence-corrected chi connectivity index (χ2v) is 6.61. The van der Waals surface area contributed by atoms with Crippen molar-refractivity contribution in [2.75, 3.05) is 5.32 Å². The summed E-state index contributed by atoms with van der Waals surface area (Å²) in [5.74, 6) is -13.8. The van der Waals surface area contributed by atoms with Crippen molar-refractivity contribution in [1.29, 1.82) is 5.26 Å². The van der Waals surface area contributed by atoms with Crippen molar-refractivity contribution in [3.63, 3.8) is 0 Å². The number of nitriles is 1. The number of nitrogens with zero attached hydrogens (tertiary/aromatic N) is 2. The molecule has 0 bridgehead atoms. The molecule has 0 saturated carbocycles. The molecule has 0 aliphatic carbocycles. The van der Waals surface area contributed by atoms with Crippen molar-refractivity contribution >= 4 is 22.6 Å². The normalized spacial score (nSPS) is 18.3. The fraction of sp³-hybridized carbons (Fsp3) is 0.286. The minimum atomic E-state index is -6.77. The predicted octanol–water partition coefficient (Wildman–Crippen LogP) is 6.24. The Hall–Kier alpha value is -2.71. The van der Waals surface area contributed by atoms with Crippen LogP contribution in [0, 0.1) is 34.6 Å². The van der Waals surface area contributed by atoms with Gasteiger partial charge in [-0.3, -0.25) is 0 Å². The zero-order chi connectivity index (χ0) is 25.0. The number of anilines is 1. The highest BCUT2D eigenvalue weighted by Crippen LogP contribution is 2.59. The second kappa shape index (κ2) is 7.71. The number of hydrogen-bond donors (Lipinski definition) is 1. The van der Waals surface area contributed by atoms with Gasteiger partial charge in [0, 0.05) is 0 Å². The minimum absolute atomic E-state index is 0.685. The van der Waals surface area contributed by atoms with Crippen molar-refractivity contribution in [3.8, 4) is 6.07 Å². The Labute approximate surface area is 170 Å². The largest absolute Gasteiger partial charge is 0.443 e. The molecule has 0 atom stereocenters. The lowest BCUT2D eigenvalue weighted by Gasteiger charge is -2.31. The first-order valence-corrected chi connectivity index (χ1v) is 8.04. The van der Waals surface area contributed by atoms with Gasteiger partial charge in [-0.2, -0.15) is 44.8 Å². The van der Waals surface area contributed by atoms with E-state index in [0.29, 0.717) is 6.07 Å². The van der Waals surface area contributed by atoms with Crippen LogP contribution in [0.1, 0.15) is 5.56 Å². The molecule has 1 aliphatic rings. The Balaban J connectivity index is 2.81. The van der Waals surface area contributed by atoms with Gasteiger partial charge in [0.2, 0.25) is 5.83 Å². The number of allylic oxidation sites excluding steroid dienone is 1. The maximum absolute atomic E-state index is 13.9. The van der Waals surface area contributed by atoms with E-state index in [4.69, 9.17) is 5.26 Å². The van der Waals surface area contributed by atoms with Crippen LogP contribution in [0.2, 0.25) is 0 Å². The van der Waals surface area contributed by atoms with Crippen LogP contribution in [0.3, 0.4) is 0 Å². The number of thioether (sulfide) groups is 1. The van der Waals surface area contributed by atoms with Gasteiger partial charge < -0.3 is 5.32 Å². The molecule has 0 amide bonds. The van der Waals surface area contributed by atoms with Gasteiger partial charge >= 0.3 is 18.5 Å². The Kier molecular flexibility index (Phi) is 6.15. The van der Waals surface area contributed by atoms with E-state index in [1.807, 2.05) is 4.99 Å². The molecule has 1 aliphatic heterocycles. The van der Waals surface area contributed by atoms with Crippen molar-refractivity contribution in [2.45, 2.75) is 24.1 Å². The molecule has 0 spiro atoms. The van der Waals surface area contributed by atoms with Gasteiger partial charge in [-0.1, -0.05) is 11.8 Å². The summed E-state index contributed by atoms with van der Waals surface area (Å²) in [5.41, 5.74) is -9.88. The number of amidine groups is 1. The monoisotopic (exact) mass is 509 g/mol. The fourth-order valence-electron chi connectivity index (χ4n) is 2.27. The quantitative estimate of drug-likeness (QED) is 0.361. The number of nitrogens with one attached hydrogen (secondary N) is 1. The molecule has 0 aromatic heterocycles. The molecule has 1 N–H and O–H groups in total. The molecular weight excluding hydrogens is 508 g/mol. The van der Waals surface area contributed by atoms with Crippen molar-refractivity contribution in [1.82, 2.24) is 0 Å². The molecule has 176 valence electrons. The smallest absolute Gasteiger partial charge is 0.330 e. The van der Waals surface area contributed by atoms with Gasteiger partial charge in [0.05, 0.1) is 4.91 Å². The lowest BCUT2D eigenvalue weighted by molar-refractivity contribution is -0.280. The van der Waals surface area contributed by atoms with Crippen LogP contribution in [0.15, 0.2) is 15.7 Å². The molecule has 32 heavy (non-hydrogen) atoms. The summed E-state index contributed by atoms with van der Waals surface area (Å²) >= 11 is -1.32. The molecule has 3 nitrogen and oxygen atoms in total. The highest BCUT2D eigenvalue weighted by molar-refractivity contribution is 8.17. The summed E-state index contributed by atoms with van der Waals surface area (Å²) in [6.07, 6.45) is -19.9. The molecule has 0 saturated heterocycles. The minimum Gasteiger partial charge on any atom is -0.330 e. The molecule has 2 rings (SSSR count). The molecule has 18 heteroatoms. The SMILES string of the molecule is N#Cc1c(F)c(F)c(NC2=NC(C(F)(F)F)(C(F)(F)F)/C(=C(\F)C(F)(F)F)S2)c(F)c1F. The molecule has 1 aromatic rings. The first-order valence-electron chi connectivity index (χ1n) is 7.22. The van der Waals surface area contributed by atoms with Crippen LogP contribution in [-0.2, 0) is 0 Å². The lowest BCUT2D eigenvalue weighted by Crippen LogP contribution is -2.55. The summed E-state index contributed by atoms with van der Waals surface area (Å²) in [7, 11) is 0. The van der Waals surface area contributed by atoms with E-state index in [2.05, 4.69) is 0 Å². The first kappa shape index (κ1) is 25.5. The summed E-state index contributed by atoms with van der Waals surface area (Å²) < 4.78 is 186. The molecule has 0 unspecified atom stereocenters. The molecule has 1 aromatic carbocycles. The first-order chi connectivity index (χ1) is 14.3. The van der Waals surface area contributed by atoms with E-state index in [1.165, 1.54) is 0 Å². The Morgan fingerprint density at radius 2 is 1.28 bits per heavy atom. The van der Waals surface area contributed by atoms with Crippen LogP contribution >= 0.6 is 11.8 Å². The van der Waals surface area contributed by atoms with Crippen molar-refractivity contribution in [3.05, 3.63) is 39.6 Å². The number of alkyl halides is 9. The van der Waals surface area contributed by atoms with E-state index in [-0.39, 0.29) is 0 Å². The highest BCUT2D eigenvalue weighted by atomic mass is 32.2. The number of aliphatic imine (C=N–C) groups is 1. The Morgan fingerprint density at radius 1 is 0.844 bits per heavy atom. The standard InChI is InChI=1S/C14HF14N3S/c15-3-2(1-29)4(16)6(18)7(5(3)17)30-10-31-11(13(23,24)25,14(26,27)28)9(32-10)8(19)12(20,21)22/h(H,30,31)/b9-8+. The van der Waals surface area contributed by atoms with Crippen LogP contribution in [0.4, 0.5) is 67.2 Å². The molecular formula is C14HF14N3S. The third-order valence-electron chi connectivity index (χ3n) is 3.67. The van der Waals surface area contributed by atoms with Gasteiger partial charge in [-0.05, 0) is 0 Å². The fourth-order valence-corrected chi connectivity index (χ4v) is 3.43. The number of rotatable bonds is 1. The Bertz CT molecular complexity index is 1010. The van der Waals surface area contributed by atoms with Crippen LogP contribution in [0.25, 0.3) is 0 Å². The van der Waals surface area contributed by atoms with E-state index >= 15 is 0 Å². The average molecular weight is 509 g/mol. The number of halogens is 14. The van der Waals surface area contributed by atoms with Gasteiger partial charge in [0.25, 0.3) is 5.54 Å². The summed E-state index contributed by atoms with van der Waals surface area (Å²) in [6, 6.07) is 0.685. The molecule has 0 radical (unpaired) electrons. The van der Waals surface area contributed by atoms with Crippen LogP contribution < -0.4 is 5.32 Å². The summed E-state index contributed by atoms with van der Waals surface area (Å²) in [6.45, 7) is 0. The van der Waals surface area contributed by atoms with Crippen LogP contribution in [-0.4, -0.2) is 29.2 Å². The second-order valence-electron chi connectivity index (χ2n) is 5.61. The third-order valence-corrected chi connectivity index (χ3v) is 4.74. The van der Waals surface area contributed by atoms with Crippen molar-refractivity contribution in [2.24, 2.45) is 4.99 Å². The number of hydrogen-bond acceptors (Lipinski definition) is 4. The summed E-state index contributed by atoms with van der Waals surface area (Å²) in [4.78, 5) is -1.17. The zero-order valence-electron chi connectivity index (χ0n) is 14.1. The average Bonchev–Trinajstić information content (AvgIpc) is 3.03. The van der Waals surface area contributed by atoms with E-state index in [1.54, 1.807) is 0 Å². The lowest BCUT2D eigenvalue weighted by atomic mass is 9.97. The predicted molar refractivity (Wildman–Crippen MR) is 78.7 cm³/mol. The number of benzene rings is 1. The van der Waals surface area contributed by atoms with E-state index in [0.717, 1.165) is 5.32 Å². The van der Waals surface area contributed by atoms with Gasteiger partial charge in [0.1, 0.15) is 17.3 Å². The van der Waals surface area contributed by atoms with Gasteiger partial charge in [-0.15, -0.1) is 0 Å². The van der Waals surface area contributed by atoms with E-state index < -0.39 is 86.2 Å².